The minimum atomic E-state index is -0.602. The molecule has 2 heterocycles. The van der Waals surface area contributed by atoms with Crippen molar-refractivity contribution in [3.8, 4) is 0 Å². The van der Waals surface area contributed by atoms with Crippen molar-refractivity contribution in [2.75, 3.05) is 18.0 Å². The molecule has 0 aromatic heterocycles. The third-order valence-corrected chi connectivity index (χ3v) is 14.7. The molecule has 1 nitrogen and oxygen atoms in total. The van der Waals surface area contributed by atoms with Crippen LogP contribution >= 0.6 is 19.8 Å². The van der Waals surface area contributed by atoms with Crippen LogP contribution < -0.4 is 5.32 Å². The number of hydrogen-bond donors (Lipinski definition) is 1. The first-order chi connectivity index (χ1) is 6.01. The van der Waals surface area contributed by atoms with E-state index in [0.717, 1.165) is 12.8 Å². The fourth-order valence-corrected chi connectivity index (χ4v) is 11.5. The zero-order valence-corrected chi connectivity index (χ0v) is 11.4. The Bertz CT molecular complexity index is 208. The van der Waals surface area contributed by atoms with Gasteiger partial charge in [-0.3, -0.25) is 0 Å². The zero-order chi connectivity index (χ0) is 9.69. The van der Waals surface area contributed by atoms with E-state index in [9.17, 15) is 0 Å². The van der Waals surface area contributed by atoms with Gasteiger partial charge in [0, 0.05) is 0 Å². The number of halogens is 1. The Morgan fingerprint density at radius 2 is 1.62 bits per heavy atom. The number of hydrogen-bond acceptors (Lipinski definition) is 1. The van der Waals surface area contributed by atoms with E-state index in [1.165, 1.54) is 25.9 Å². The molecule has 0 spiro atoms. The predicted octanol–water partition coefficient (Wildman–Crippen LogP) is 2.67. The Hall–Kier alpha value is 0.690. The normalized spacial score (nSPS) is 42.0. The number of rotatable bonds is 1. The average Bonchev–Trinajstić information content (AvgIpc) is 2.53. The standard InChI is InChI=1S/C11H22IN/c1-10(2)11(3,12(10)4)9-5-7-13-8-6-9/h9,13H,5-8H2,1-4H3. The van der Waals surface area contributed by atoms with Crippen LogP contribution in [-0.4, -0.2) is 24.9 Å². The van der Waals surface area contributed by atoms with Crippen LogP contribution in [0.1, 0.15) is 33.6 Å². The summed E-state index contributed by atoms with van der Waals surface area (Å²) in [5.41, 5.74) is 0. The van der Waals surface area contributed by atoms with Gasteiger partial charge in [-0.05, 0) is 0 Å². The molecular formula is C11H22IN. The third kappa shape index (κ3) is 1.28. The fourth-order valence-electron chi connectivity index (χ4n) is 2.92. The first-order valence-electron chi connectivity index (χ1n) is 5.32. The third-order valence-electron chi connectivity index (χ3n) is 4.53. The molecule has 13 heavy (non-hydrogen) atoms. The van der Waals surface area contributed by atoms with Gasteiger partial charge >= 0.3 is 89.5 Å². The second-order valence-corrected chi connectivity index (χ2v) is 12.7. The summed E-state index contributed by atoms with van der Waals surface area (Å²) in [5, 5.41) is 3.47. The van der Waals surface area contributed by atoms with Gasteiger partial charge in [0.1, 0.15) is 0 Å². The summed E-state index contributed by atoms with van der Waals surface area (Å²) in [6.45, 7) is 10.1. The SMILES string of the molecule is CI1C(C)(C)C1(C)C1CCNCC1. The van der Waals surface area contributed by atoms with Crippen LogP contribution in [0.3, 0.4) is 0 Å². The van der Waals surface area contributed by atoms with Crippen LogP contribution in [-0.2, 0) is 0 Å². The van der Waals surface area contributed by atoms with Gasteiger partial charge in [-0.15, -0.1) is 0 Å². The Morgan fingerprint density at radius 3 is 2.00 bits per heavy atom. The molecule has 0 aromatic rings. The maximum atomic E-state index is 3.47. The molecule has 2 fully saturated rings. The molecule has 1 atom stereocenters. The van der Waals surface area contributed by atoms with Gasteiger partial charge in [0.15, 0.2) is 0 Å². The number of nitrogens with one attached hydrogen (secondary N) is 1. The van der Waals surface area contributed by atoms with E-state index >= 15 is 0 Å². The fraction of sp³-hybridized carbons (Fsp3) is 1.00. The second-order valence-electron chi connectivity index (χ2n) is 5.04. The van der Waals surface area contributed by atoms with Crippen LogP contribution in [0.15, 0.2) is 0 Å². The quantitative estimate of drug-likeness (QED) is 0.579. The number of piperidine rings is 1. The predicted molar refractivity (Wildman–Crippen MR) is 68.0 cm³/mol. The average molecular weight is 295 g/mol. The monoisotopic (exact) mass is 295 g/mol. The topological polar surface area (TPSA) is 12.0 Å². The molecule has 0 radical (unpaired) electrons. The summed E-state index contributed by atoms with van der Waals surface area (Å²) in [4.78, 5) is 2.59. The number of alkyl halides is 3. The van der Waals surface area contributed by atoms with E-state index in [4.69, 9.17) is 0 Å². The molecule has 0 aliphatic carbocycles. The second kappa shape index (κ2) is 3.09. The van der Waals surface area contributed by atoms with E-state index in [1.807, 2.05) is 0 Å². The summed E-state index contributed by atoms with van der Waals surface area (Å²) in [5.74, 6) is 1.04. The minimum absolute atomic E-state index is 0.602. The van der Waals surface area contributed by atoms with Crippen molar-refractivity contribution in [1.82, 2.24) is 5.32 Å². The van der Waals surface area contributed by atoms with Crippen LogP contribution in [0.25, 0.3) is 0 Å². The van der Waals surface area contributed by atoms with Gasteiger partial charge in [0.05, 0.1) is 0 Å². The molecule has 0 amide bonds. The van der Waals surface area contributed by atoms with Crippen LogP contribution in [0.5, 0.6) is 0 Å². The summed E-state index contributed by atoms with van der Waals surface area (Å²) in [6.07, 6.45) is 2.86. The molecule has 78 valence electrons. The van der Waals surface area contributed by atoms with Crippen molar-refractivity contribution in [3.63, 3.8) is 0 Å². The van der Waals surface area contributed by atoms with E-state index in [2.05, 4.69) is 31.0 Å². The molecule has 1 unspecified atom stereocenters. The molecule has 2 aliphatic rings. The molecule has 0 bridgehead atoms. The van der Waals surface area contributed by atoms with Crippen LogP contribution in [0, 0.1) is 5.92 Å². The van der Waals surface area contributed by atoms with Gasteiger partial charge in [-0.2, -0.15) is 0 Å². The summed E-state index contributed by atoms with van der Waals surface area (Å²) in [7, 11) is 0. The van der Waals surface area contributed by atoms with Gasteiger partial charge in [-0.25, -0.2) is 0 Å². The van der Waals surface area contributed by atoms with Gasteiger partial charge in [0.25, 0.3) is 0 Å². The van der Waals surface area contributed by atoms with Crippen molar-refractivity contribution in [1.29, 1.82) is 0 Å². The molecule has 0 saturated carbocycles. The van der Waals surface area contributed by atoms with E-state index in [-0.39, 0.29) is 0 Å². The Morgan fingerprint density at radius 1 is 1.15 bits per heavy atom. The summed E-state index contributed by atoms with van der Waals surface area (Å²) < 4.78 is 1.54. The van der Waals surface area contributed by atoms with Gasteiger partial charge in [0.2, 0.25) is 0 Å². The van der Waals surface area contributed by atoms with Gasteiger partial charge in [-0.1, -0.05) is 0 Å². The molecule has 1 N–H and O–H groups in total. The molecule has 2 heteroatoms. The molecular weight excluding hydrogens is 273 g/mol. The van der Waals surface area contributed by atoms with Crippen molar-refractivity contribution in [3.05, 3.63) is 0 Å². The summed E-state index contributed by atoms with van der Waals surface area (Å²) >= 11 is -0.602. The Labute approximate surface area is 89.4 Å². The first-order valence-corrected chi connectivity index (χ1v) is 9.63. The van der Waals surface area contributed by atoms with Gasteiger partial charge < -0.3 is 0 Å². The van der Waals surface area contributed by atoms with E-state index in [1.54, 1.807) is 0 Å². The molecule has 2 saturated heterocycles. The van der Waals surface area contributed by atoms with Crippen LogP contribution in [0.4, 0.5) is 0 Å². The van der Waals surface area contributed by atoms with Crippen molar-refractivity contribution in [2.45, 2.75) is 40.5 Å². The van der Waals surface area contributed by atoms with Crippen molar-refractivity contribution >= 4 is 19.8 Å². The molecule has 2 rings (SSSR count). The van der Waals surface area contributed by atoms with Crippen molar-refractivity contribution in [2.24, 2.45) is 5.92 Å². The Balaban J connectivity index is 2.08. The van der Waals surface area contributed by atoms with E-state index < -0.39 is 19.8 Å². The molecule has 2 aliphatic heterocycles. The van der Waals surface area contributed by atoms with Crippen LogP contribution in [0.2, 0.25) is 0 Å². The van der Waals surface area contributed by atoms with E-state index in [0.29, 0.717) is 0 Å². The summed E-state index contributed by atoms with van der Waals surface area (Å²) in [6, 6.07) is 0. The van der Waals surface area contributed by atoms with Crippen molar-refractivity contribution < 1.29 is 0 Å². The molecule has 0 aromatic carbocycles. The Kier molecular flexibility index (Phi) is 2.43. The zero-order valence-electron chi connectivity index (χ0n) is 9.28. The maximum absolute atomic E-state index is 3.47. The first kappa shape index (κ1) is 10.2.